The van der Waals surface area contributed by atoms with E-state index in [1.165, 1.54) is 54.6 Å². The molecule has 14 nitrogen and oxygen atoms in total. The van der Waals surface area contributed by atoms with Crippen LogP contribution in [0, 0.1) is 21.7 Å². The zero-order valence-electron chi connectivity index (χ0n) is 27.0. The largest absolute Gasteiger partial charge is 0.530 e. The number of hydrogen-bond acceptors (Lipinski definition) is 12. The van der Waals surface area contributed by atoms with Crippen molar-refractivity contribution in [2.24, 2.45) is 0 Å². The number of nitrogen functional groups attached to an aromatic ring is 1. The van der Waals surface area contributed by atoms with Crippen molar-refractivity contribution >= 4 is 19.3 Å². The van der Waals surface area contributed by atoms with Crippen molar-refractivity contribution in [3.63, 3.8) is 0 Å². The Morgan fingerprint density at radius 3 is 2.40 bits per heavy atom. The third-order valence-electron chi connectivity index (χ3n) is 7.77. The second-order valence-electron chi connectivity index (χ2n) is 11.4. The number of nitrogens with two attached hydrogens (primary N) is 1. The summed E-state index contributed by atoms with van der Waals surface area (Å²) in [5.41, 5.74) is 4.35. The molecule has 4 aromatic carbocycles. The van der Waals surface area contributed by atoms with Crippen LogP contribution >= 0.6 is 7.82 Å². The van der Waals surface area contributed by atoms with Gasteiger partial charge in [-0.05, 0) is 65.7 Å². The summed E-state index contributed by atoms with van der Waals surface area (Å²) in [6, 6.07) is 20.7. The van der Waals surface area contributed by atoms with E-state index in [4.69, 9.17) is 28.8 Å². The lowest BCUT2D eigenvalue weighted by molar-refractivity contribution is -0.385. The number of benzene rings is 4. The van der Waals surface area contributed by atoms with Gasteiger partial charge in [0.2, 0.25) is 12.0 Å². The van der Waals surface area contributed by atoms with E-state index in [9.17, 15) is 29.0 Å². The molecule has 1 saturated heterocycles. The number of hydrogen-bond donors (Lipinski definition) is 2. The molecule has 0 aliphatic carbocycles. The van der Waals surface area contributed by atoms with E-state index in [0.29, 0.717) is 10.1 Å². The summed E-state index contributed by atoms with van der Waals surface area (Å²) in [6.45, 7) is -1.60. The normalized spacial score (nSPS) is 19.0. The van der Waals surface area contributed by atoms with Crippen molar-refractivity contribution in [2.45, 2.75) is 31.0 Å². The third kappa shape index (κ3) is 8.37. The Kier molecular flexibility index (Phi) is 10.6. The topological polar surface area (TPSA) is 187 Å². The van der Waals surface area contributed by atoms with Crippen molar-refractivity contribution in [3.05, 3.63) is 141 Å². The van der Waals surface area contributed by atoms with Crippen molar-refractivity contribution < 1.29 is 55.2 Å². The molecule has 53 heavy (non-hydrogen) atoms. The third-order valence-corrected chi connectivity index (χ3v) is 9.12. The number of nitro benzene ring substituents is 1. The molecule has 6 rings (SSSR count). The van der Waals surface area contributed by atoms with Crippen molar-refractivity contribution in [1.29, 1.82) is 0 Å². The van der Waals surface area contributed by atoms with Crippen molar-refractivity contribution in [3.8, 4) is 28.4 Å². The summed E-state index contributed by atoms with van der Waals surface area (Å²) in [4.78, 5) is 26.7. The molecule has 0 saturated carbocycles. The van der Waals surface area contributed by atoms with Crippen LogP contribution in [-0.2, 0) is 25.0 Å². The minimum atomic E-state index is -4.77. The highest BCUT2D eigenvalue weighted by Crippen LogP contribution is 2.52. The van der Waals surface area contributed by atoms with E-state index in [0.717, 1.165) is 42.6 Å². The Balaban J connectivity index is 1.20. The number of alkyl halides is 2. The lowest BCUT2D eigenvalue weighted by Gasteiger charge is -2.21. The van der Waals surface area contributed by atoms with Gasteiger partial charge >= 0.3 is 25.1 Å². The molecule has 0 amide bonds. The Morgan fingerprint density at radius 2 is 1.72 bits per heavy atom. The smallest absolute Gasteiger partial charge is 0.450 e. The summed E-state index contributed by atoms with van der Waals surface area (Å²) in [7, 11) is -4.77. The number of aliphatic hydroxyl groups excluding tert-OH is 1. The monoisotopic (exact) mass is 758 g/mol. The summed E-state index contributed by atoms with van der Waals surface area (Å²) in [5.74, 6) is -6.05. The summed E-state index contributed by atoms with van der Waals surface area (Å²) in [5, 5.41) is 22.2. The molecule has 0 spiro atoms. The van der Waals surface area contributed by atoms with Crippen LogP contribution in [0.3, 0.4) is 0 Å². The lowest BCUT2D eigenvalue weighted by Crippen LogP contribution is -2.42. The Labute approximate surface area is 296 Å². The molecular formula is C34H27F4N4O10P. The van der Waals surface area contributed by atoms with Crippen molar-refractivity contribution in [1.82, 2.24) is 9.55 Å². The van der Waals surface area contributed by atoms with Crippen LogP contribution in [0.25, 0.3) is 11.1 Å². The van der Waals surface area contributed by atoms with Crippen LogP contribution < -0.4 is 20.7 Å². The highest BCUT2D eigenvalue weighted by atomic mass is 31.2. The number of rotatable bonds is 13. The van der Waals surface area contributed by atoms with Crippen LogP contribution in [0.5, 0.6) is 17.2 Å². The van der Waals surface area contributed by atoms with Gasteiger partial charge < -0.3 is 24.8 Å². The summed E-state index contributed by atoms with van der Waals surface area (Å²) < 4.78 is 100. The van der Waals surface area contributed by atoms with Gasteiger partial charge in [-0.1, -0.05) is 30.3 Å². The van der Waals surface area contributed by atoms with E-state index >= 15 is 13.2 Å². The first-order chi connectivity index (χ1) is 25.2. The maximum absolute atomic E-state index is 15.1. The van der Waals surface area contributed by atoms with Gasteiger partial charge in [0, 0.05) is 23.9 Å². The van der Waals surface area contributed by atoms with Gasteiger partial charge in [0.25, 0.3) is 0 Å². The first-order valence-electron chi connectivity index (χ1n) is 15.4. The van der Waals surface area contributed by atoms with E-state index in [1.807, 2.05) is 0 Å². The Morgan fingerprint density at radius 1 is 0.981 bits per heavy atom. The Hall–Kier alpha value is -5.65. The zero-order valence-corrected chi connectivity index (χ0v) is 27.9. The van der Waals surface area contributed by atoms with Crippen molar-refractivity contribution in [2.75, 3.05) is 12.3 Å². The number of ether oxygens (including phenoxy) is 2. The number of para-hydroxylation sites is 1. The number of aromatic nitrogens is 2. The van der Waals surface area contributed by atoms with Gasteiger partial charge in [0.15, 0.2) is 6.10 Å². The van der Waals surface area contributed by atoms with Crippen LogP contribution in [0.2, 0.25) is 0 Å². The molecule has 5 aromatic rings. The molecule has 3 N–H and O–H groups in total. The Bertz CT molecular complexity index is 2230. The molecular weight excluding hydrogens is 731 g/mol. The number of anilines is 1. The number of phosphoric acid groups is 1. The van der Waals surface area contributed by atoms with Gasteiger partial charge in [-0.15, -0.1) is 0 Å². The van der Waals surface area contributed by atoms with Crippen LogP contribution in [-0.4, -0.2) is 44.3 Å². The zero-order chi connectivity index (χ0) is 37.9. The highest BCUT2D eigenvalue weighted by molar-refractivity contribution is 7.48. The molecule has 0 radical (unpaired) electrons. The first-order valence-corrected chi connectivity index (χ1v) is 16.9. The predicted octanol–water partition coefficient (Wildman–Crippen LogP) is 6.79. The van der Waals surface area contributed by atoms with Gasteiger partial charge in [-0.25, -0.2) is 18.1 Å². The molecule has 1 aliphatic rings. The fourth-order valence-electron chi connectivity index (χ4n) is 5.16. The molecule has 4 atom stereocenters. The molecule has 1 aliphatic heterocycles. The van der Waals surface area contributed by atoms with Crippen LogP contribution in [0.1, 0.15) is 11.8 Å². The fourth-order valence-corrected chi connectivity index (χ4v) is 6.36. The average molecular weight is 759 g/mol. The van der Waals surface area contributed by atoms with Gasteiger partial charge in [0.05, 0.1) is 18.1 Å². The SMILES string of the molecule is Nc1ccn(C2OC(COP(=O)(OCc3ccc([N+](=O)[O-])c(Oc4ccc(-c5ccc(F)cc5)c(F)c4)c3)Oc3ccccc3)C(O)C2(F)F)c(=O)n1. The number of aliphatic hydroxyl groups is 1. The molecule has 19 heteroatoms. The number of phosphoric ester groups is 1. The molecule has 4 unspecified atom stereocenters. The molecule has 1 fully saturated rings. The first kappa shape index (κ1) is 37.1. The van der Waals surface area contributed by atoms with Crippen LogP contribution in [0.4, 0.5) is 29.1 Å². The molecule has 2 heterocycles. The summed E-state index contributed by atoms with van der Waals surface area (Å²) in [6.07, 6.45) is -5.82. The van der Waals surface area contributed by atoms with Gasteiger partial charge in [-0.3, -0.25) is 23.7 Å². The molecule has 276 valence electrons. The number of nitrogens with zero attached hydrogens (tertiary/aromatic N) is 3. The predicted molar refractivity (Wildman–Crippen MR) is 178 cm³/mol. The number of nitro groups is 1. The van der Waals surface area contributed by atoms with Gasteiger partial charge in [-0.2, -0.15) is 13.8 Å². The van der Waals surface area contributed by atoms with Gasteiger partial charge in [0.1, 0.15) is 35.1 Å². The second-order valence-corrected chi connectivity index (χ2v) is 13.0. The second kappa shape index (κ2) is 15.1. The van der Waals surface area contributed by atoms with E-state index in [-0.39, 0.29) is 34.2 Å². The highest BCUT2D eigenvalue weighted by Gasteiger charge is 2.60. The minimum Gasteiger partial charge on any atom is -0.450 e. The molecule has 0 bridgehead atoms. The standard InChI is InChI=1S/C34H27F4N4O10P/c35-22-9-7-21(8-10-22)25-12-11-24(17-26(25)36)50-28-16-20(6-13-27(28)42(45)46)18-48-53(47,52-23-4-2-1-3-5-23)49-19-29-31(43)34(37,38)32(51-29)41-15-14-30(39)40-33(41)44/h1-17,29,31-32,43H,18-19H2,(H2,39,40,44). The van der Waals surface area contributed by atoms with E-state index in [2.05, 4.69) is 4.98 Å². The summed E-state index contributed by atoms with van der Waals surface area (Å²) >= 11 is 0. The molecule has 1 aromatic heterocycles. The lowest BCUT2D eigenvalue weighted by atomic mass is 10.0. The van der Waals surface area contributed by atoms with E-state index in [1.54, 1.807) is 6.07 Å². The number of halogens is 4. The van der Waals surface area contributed by atoms with E-state index < -0.39 is 73.3 Å². The van der Waals surface area contributed by atoms with Crippen LogP contribution in [0.15, 0.2) is 108 Å². The fraction of sp³-hybridized carbons (Fsp3) is 0.176. The quantitative estimate of drug-likeness (QED) is 0.0555. The average Bonchev–Trinajstić information content (AvgIpc) is 3.34. The maximum Gasteiger partial charge on any atom is 0.530 e. The maximum atomic E-state index is 15.1. The minimum absolute atomic E-state index is 0.0229.